The third-order valence-corrected chi connectivity index (χ3v) is 2.66. The molecule has 0 aromatic heterocycles. The van der Waals surface area contributed by atoms with Crippen molar-refractivity contribution in [1.82, 2.24) is 0 Å². The van der Waals surface area contributed by atoms with Crippen LogP contribution in [0.25, 0.3) is 0 Å². The Bertz CT molecular complexity index is 443. The highest BCUT2D eigenvalue weighted by Gasteiger charge is 2.21. The Hall–Kier alpha value is -1.75. The highest BCUT2D eigenvalue weighted by atomic mass is 16.5. The molecule has 0 saturated heterocycles. The summed E-state index contributed by atoms with van der Waals surface area (Å²) in [5.74, 6) is -0.735. The van der Waals surface area contributed by atoms with Crippen LogP contribution in [0.15, 0.2) is 6.07 Å². The first kappa shape index (κ1) is 13.3. The van der Waals surface area contributed by atoms with Crippen LogP contribution in [0.4, 0.5) is 0 Å². The normalized spacial score (nSPS) is 12.2. The Balaban J connectivity index is 3.28. The summed E-state index contributed by atoms with van der Waals surface area (Å²) >= 11 is 0. The van der Waals surface area contributed by atoms with E-state index in [0.29, 0.717) is 11.3 Å². The zero-order valence-corrected chi connectivity index (χ0v) is 10.2. The second-order valence-electron chi connectivity index (χ2n) is 4.01. The summed E-state index contributed by atoms with van der Waals surface area (Å²) in [4.78, 5) is 10.6. The van der Waals surface area contributed by atoms with E-state index in [1.807, 2.05) is 6.07 Å². The first-order valence-electron chi connectivity index (χ1n) is 5.22. The van der Waals surface area contributed by atoms with Crippen LogP contribution in [0.2, 0.25) is 0 Å². The minimum atomic E-state index is -1.00. The number of carbonyl (C=O) groups is 1. The molecule has 17 heavy (non-hydrogen) atoms. The van der Waals surface area contributed by atoms with Gasteiger partial charge in [0.2, 0.25) is 0 Å². The van der Waals surface area contributed by atoms with E-state index in [-0.39, 0.29) is 12.2 Å². The Kier molecular flexibility index (Phi) is 3.96. The number of methoxy groups -OCH3 is 1. The van der Waals surface area contributed by atoms with Gasteiger partial charge in [-0.05, 0) is 25.0 Å². The summed E-state index contributed by atoms with van der Waals surface area (Å²) in [6, 6.07) is 1.07. The summed E-state index contributed by atoms with van der Waals surface area (Å²) in [5.41, 5.74) is 7.75. The van der Waals surface area contributed by atoms with E-state index in [9.17, 15) is 9.90 Å². The van der Waals surface area contributed by atoms with Crippen LogP contribution in [0, 0.1) is 13.8 Å². The van der Waals surface area contributed by atoms with Crippen LogP contribution in [0.3, 0.4) is 0 Å². The van der Waals surface area contributed by atoms with Crippen molar-refractivity contribution in [2.75, 3.05) is 7.11 Å². The Morgan fingerprint density at radius 3 is 2.53 bits per heavy atom. The number of phenolic OH excluding ortho intramolecular Hbond substituents is 1. The predicted octanol–water partition coefficient (Wildman–Crippen LogP) is 1.49. The molecule has 1 aromatic rings. The van der Waals surface area contributed by atoms with Gasteiger partial charge in [0.15, 0.2) is 11.5 Å². The zero-order chi connectivity index (χ0) is 13.2. The summed E-state index contributed by atoms with van der Waals surface area (Å²) in [7, 11) is 1.45. The molecule has 1 unspecified atom stereocenters. The van der Waals surface area contributed by atoms with Crippen LogP contribution in [-0.4, -0.2) is 23.3 Å². The van der Waals surface area contributed by atoms with Gasteiger partial charge in [0.25, 0.3) is 0 Å². The van der Waals surface area contributed by atoms with Crippen LogP contribution < -0.4 is 10.5 Å². The molecule has 5 heteroatoms. The fourth-order valence-electron chi connectivity index (χ4n) is 1.98. The van der Waals surface area contributed by atoms with Crippen LogP contribution in [-0.2, 0) is 4.79 Å². The van der Waals surface area contributed by atoms with Crippen LogP contribution in [0.5, 0.6) is 11.5 Å². The standard InChI is InChI=1S/C12H17NO4/c1-6-4-7(2)12(17-3)11(16)10(6)8(13)5-9(14)15/h4,8,16H,5,13H2,1-3H3,(H,14,15). The van der Waals surface area contributed by atoms with Crippen molar-refractivity contribution in [3.8, 4) is 11.5 Å². The van der Waals surface area contributed by atoms with Crippen molar-refractivity contribution in [3.05, 3.63) is 22.8 Å². The third-order valence-electron chi connectivity index (χ3n) is 2.66. The average molecular weight is 239 g/mol. The van der Waals surface area contributed by atoms with E-state index in [1.54, 1.807) is 13.8 Å². The van der Waals surface area contributed by atoms with Gasteiger partial charge in [0.05, 0.1) is 13.5 Å². The lowest BCUT2D eigenvalue weighted by Gasteiger charge is -2.18. The quantitative estimate of drug-likeness (QED) is 0.740. The lowest BCUT2D eigenvalue weighted by molar-refractivity contribution is -0.137. The molecule has 0 bridgehead atoms. The minimum absolute atomic E-state index is 0.0706. The Labute approximate surface area is 99.8 Å². The average Bonchev–Trinajstić information content (AvgIpc) is 2.15. The number of benzene rings is 1. The summed E-state index contributed by atoms with van der Waals surface area (Å²) in [6.07, 6.45) is -0.236. The molecule has 1 rings (SSSR count). The maximum absolute atomic E-state index is 10.6. The van der Waals surface area contributed by atoms with Gasteiger partial charge in [-0.15, -0.1) is 0 Å². The first-order valence-corrected chi connectivity index (χ1v) is 5.22. The zero-order valence-electron chi connectivity index (χ0n) is 10.2. The van der Waals surface area contributed by atoms with Gasteiger partial charge >= 0.3 is 5.97 Å². The van der Waals surface area contributed by atoms with Gasteiger partial charge in [-0.1, -0.05) is 6.07 Å². The summed E-state index contributed by atoms with van der Waals surface area (Å²) in [6.45, 7) is 3.58. The van der Waals surface area contributed by atoms with E-state index in [4.69, 9.17) is 15.6 Å². The van der Waals surface area contributed by atoms with Gasteiger partial charge < -0.3 is 20.7 Å². The molecule has 1 atom stereocenters. The SMILES string of the molecule is COc1c(C)cc(C)c(C(N)CC(=O)O)c1O. The number of aliphatic carboxylic acids is 1. The third kappa shape index (κ3) is 2.68. The monoisotopic (exact) mass is 239 g/mol. The topological polar surface area (TPSA) is 92.8 Å². The number of phenols is 1. The summed E-state index contributed by atoms with van der Waals surface area (Å²) in [5, 5.41) is 18.8. The summed E-state index contributed by atoms with van der Waals surface area (Å²) < 4.78 is 5.07. The molecule has 1 aromatic carbocycles. The number of hydrogen-bond acceptors (Lipinski definition) is 4. The molecular formula is C12H17NO4. The van der Waals surface area contributed by atoms with Gasteiger partial charge in [-0.2, -0.15) is 0 Å². The fourth-order valence-corrected chi connectivity index (χ4v) is 1.98. The molecular weight excluding hydrogens is 222 g/mol. The molecule has 0 spiro atoms. The second-order valence-corrected chi connectivity index (χ2v) is 4.01. The number of nitrogens with two attached hydrogens (primary N) is 1. The first-order chi connectivity index (χ1) is 7.88. The van der Waals surface area contributed by atoms with Crippen LogP contribution >= 0.6 is 0 Å². The smallest absolute Gasteiger partial charge is 0.305 e. The molecule has 0 radical (unpaired) electrons. The largest absolute Gasteiger partial charge is 0.504 e. The second kappa shape index (κ2) is 5.05. The molecule has 5 nitrogen and oxygen atoms in total. The molecule has 0 amide bonds. The van der Waals surface area contributed by atoms with E-state index < -0.39 is 12.0 Å². The highest BCUT2D eigenvalue weighted by Crippen LogP contribution is 2.39. The van der Waals surface area contributed by atoms with Crippen LogP contribution in [0.1, 0.15) is 29.2 Å². The molecule has 0 saturated carbocycles. The number of aryl methyl sites for hydroxylation is 2. The number of ether oxygens (including phenoxy) is 1. The number of carboxylic acid groups (broad SMARTS) is 1. The lowest BCUT2D eigenvalue weighted by atomic mass is 9.95. The molecule has 0 fully saturated rings. The highest BCUT2D eigenvalue weighted by molar-refractivity contribution is 5.69. The Morgan fingerprint density at radius 1 is 1.47 bits per heavy atom. The fraction of sp³-hybridized carbons (Fsp3) is 0.417. The molecule has 94 valence electrons. The van der Waals surface area contributed by atoms with Crippen molar-refractivity contribution in [3.63, 3.8) is 0 Å². The Morgan fingerprint density at radius 2 is 2.06 bits per heavy atom. The van der Waals surface area contributed by atoms with Gasteiger partial charge in [0.1, 0.15) is 0 Å². The van der Waals surface area contributed by atoms with Gasteiger partial charge in [0, 0.05) is 11.6 Å². The molecule has 4 N–H and O–H groups in total. The van der Waals surface area contributed by atoms with Gasteiger partial charge in [-0.25, -0.2) is 0 Å². The van der Waals surface area contributed by atoms with Crippen molar-refractivity contribution in [1.29, 1.82) is 0 Å². The molecule has 0 aliphatic carbocycles. The van der Waals surface area contributed by atoms with E-state index >= 15 is 0 Å². The molecule has 0 aliphatic rings. The molecule has 0 heterocycles. The van der Waals surface area contributed by atoms with Crippen molar-refractivity contribution >= 4 is 5.97 Å². The minimum Gasteiger partial charge on any atom is -0.504 e. The van der Waals surface area contributed by atoms with E-state index in [2.05, 4.69) is 0 Å². The number of aromatic hydroxyl groups is 1. The van der Waals surface area contributed by atoms with Crippen molar-refractivity contribution in [2.45, 2.75) is 26.3 Å². The lowest BCUT2D eigenvalue weighted by Crippen LogP contribution is -2.16. The maximum atomic E-state index is 10.6. The number of carboxylic acids is 1. The maximum Gasteiger partial charge on any atom is 0.305 e. The van der Waals surface area contributed by atoms with Crippen molar-refractivity contribution < 1.29 is 19.7 Å². The van der Waals surface area contributed by atoms with E-state index in [0.717, 1.165) is 11.1 Å². The molecule has 0 aliphatic heterocycles. The van der Waals surface area contributed by atoms with Gasteiger partial charge in [-0.3, -0.25) is 4.79 Å². The predicted molar refractivity (Wildman–Crippen MR) is 63.3 cm³/mol. The van der Waals surface area contributed by atoms with Crippen molar-refractivity contribution in [2.24, 2.45) is 5.73 Å². The number of hydrogen-bond donors (Lipinski definition) is 3. The number of rotatable bonds is 4. The van der Waals surface area contributed by atoms with E-state index in [1.165, 1.54) is 7.11 Å².